The number of hydrogen-bond acceptors (Lipinski definition) is 3. The first-order valence-corrected chi connectivity index (χ1v) is 10.6. The highest BCUT2D eigenvalue weighted by atomic mass is 19.2. The third-order valence-corrected chi connectivity index (χ3v) is 5.57. The summed E-state index contributed by atoms with van der Waals surface area (Å²) in [5.74, 6) is -3.09. The molecule has 1 heterocycles. The van der Waals surface area contributed by atoms with Crippen molar-refractivity contribution in [2.24, 2.45) is 0 Å². The van der Waals surface area contributed by atoms with Crippen molar-refractivity contribution in [3.8, 4) is 0 Å². The number of allylic oxidation sites excluding steroid dienone is 1. The number of benzene rings is 2. The second kappa shape index (κ2) is 9.86. The minimum atomic E-state index is -0.982. The molecule has 0 N–H and O–H groups in total. The number of nitrogens with zero attached hydrogens (tertiary/aromatic N) is 1. The summed E-state index contributed by atoms with van der Waals surface area (Å²) in [6.07, 6.45) is 1.18. The number of halogens is 2. The monoisotopic (exact) mass is 427 g/mol. The lowest BCUT2D eigenvalue weighted by Gasteiger charge is -2.36. The molecule has 0 saturated heterocycles. The van der Waals surface area contributed by atoms with Crippen LogP contribution in [0.25, 0.3) is 0 Å². The molecule has 0 bridgehead atoms. The van der Waals surface area contributed by atoms with Crippen LogP contribution in [0.2, 0.25) is 0 Å². The van der Waals surface area contributed by atoms with Crippen LogP contribution >= 0.6 is 0 Å². The fourth-order valence-electron chi connectivity index (χ4n) is 4.13. The van der Waals surface area contributed by atoms with Gasteiger partial charge in [-0.2, -0.15) is 0 Å². The van der Waals surface area contributed by atoms with Gasteiger partial charge in [-0.15, -0.1) is 0 Å². The molecule has 31 heavy (non-hydrogen) atoms. The molecule has 0 fully saturated rings. The number of hydrogen-bond donors (Lipinski definition) is 0. The molecular weight excluding hydrogens is 400 g/mol. The Morgan fingerprint density at radius 3 is 2.55 bits per heavy atom. The number of carbonyl (C=O) groups excluding carboxylic acids is 2. The zero-order valence-electron chi connectivity index (χ0n) is 18.1. The lowest BCUT2D eigenvalue weighted by molar-refractivity contribution is -0.140. The summed E-state index contributed by atoms with van der Waals surface area (Å²) in [7, 11) is 0. The molecule has 2 aromatic carbocycles. The van der Waals surface area contributed by atoms with E-state index in [4.69, 9.17) is 4.74 Å². The SMILES string of the molecule is CCCC1=C(C(=O)OCC)C(c2ccccc2C)CC(=O)N1Cc1cccc(F)c1F. The maximum absolute atomic E-state index is 14.3. The summed E-state index contributed by atoms with van der Waals surface area (Å²) in [4.78, 5) is 27.7. The van der Waals surface area contributed by atoms with Crippen LogP contribution in [0.1, 0.15) is 55.7 Å². The molecule has 0 saturated carbocycles. The van der Waals surface area contributed by atoms with Gasteiger partial charge < -0.3 is 9.64 Å². The maximum Gasteiger partial charge on any atom is 0.336 e. The first-order valence-electron chi connectivity index (χ1n) is 10.6. The Balaban J connectivity index is 2.15. The third kappa shape index (κ3) is 4.68. The van der Waals surface area contributed by atoms with Crippen molar-refractivity contribution in [2.75, 3.05) is 6.61 Å². The first kappa shape index (κ1) is 22.7. The molecule has 4 nitrogen and oxygen atoms in total. The maximum atomic E-state index is 14.3. The van der Waals surface area contributed by atoms with Gasteiger partial charge in [0, 0.05) is 23.6 Å². The Hall–Kier alpha value is -3.02. The molecule has 1 atom stereocenters. The molecule has 0 aromatic heterocycles. The third-order valence-electron chi connectivity index (χ3n) is 5.57. The van der Waals surface area contributed by atoms with Crippen LogP contribution in [0.15, 0.2) is 53.7 Å². The molecule has 0 spiro atoms. The van der Waals surface area contributed by atoms with Crippen LogP contribution in [-0.2, 0) is 20.9 Å². The van der Waals surface area contributed by atoms with Gasteiger partial charge in [0.1, 0.15) is 0 Å². The predicted octanol–water partition coefficient (Wildman–Crippen LogP) is 5.41. The smallest absolute Gasteiger partial charge is 0.336 e. The zero-order valence-corrected chi connectivity index (χ0v) is 18.1. The summed E-state index contributed by atoms with van der Waals surface area (Å²) < 4.78 is 33.4. The van der Waals surface area contributed by atoms with Crippen LogP contribution in [0.3, 0.4) is 0 Å². The van der Waals surface area contributed by atoms with E-state index >= 15 is 0 Å². The van der Waals surface area contributed by atoms with Crippen molar-refractivity contribution < 1.29 is 23.1 Å². The average Bonchev–Trinajstić information content (AvgIpc) is 2.74. The van der Waals surface area contributed by atoms with Crippen molar-refractivity contribution >= 4 is 11.9 Å². The Kier molecular flexibility index (Phi) is 7.21. The number of amides is 1. The van der Waals surface area contributed by atoms with Crippen molar-refractivity contribution in [1.29, 1.82) is 0 Å². The minimum absolute atomic E-state index is 0.0587. The molecule has 0 radical (unpaired) electrons. The fourth-order valence-corrected chi connectivity index (χ4v) is 4.13. The molecule has 1 aliphatic heterocycles. The Morgan fingerprint density at radius 1 is 1.13 bits per heavy atom. The van der Waals surface area contributed by atoms with E-state index in [9.17, 15) is 18.4 Å². The van der Waals surface area contributed by atoms with Gasteiger partial charge in [0.05, 0.1) is 18.7 Å². The van der Waals surface area contributed by atoms with Crippen LogP contribution in [0.4, 0.5) is 8.78 Å². The van der Waals surface area contributed by atoms with Crippen LogP contribution in [-0.4, -0.2) is 23.4 Å². The van der Waals surface area contributed by atoms with E-state index in [0.29, 0.717) is 24.1 Å². The van der Waals surface area contributed by atoms with Crippen LogP contribution < -0.4 is 0 Å². The summed E-state index contributed by atoms with van der Waals surface area (Å²) in [5, 5.41) is 0. The summed E-state index contributed by atoms with van der Waals surface area (Å²) >= 11 is 0. The van der Waals surface area contributed by atoms with Gasteiger partial charge in [-0.1, -0.05) is 49.7 Å². The summed E-state index contributed by atoms with van der Waals surface area (Å²) in [6, 6.07) is 11.5. The molecule has 164 valence electrons. The van der Waals surface area contributed by atoms with E-state index in [-0.39, 0.29) is 31.0 Å². The largest absolute Gasteiger partial charge is 0.463 e. The number of ether oxygens (including phenoxy) is 1. The normalized spacial score (nSPS) is 16.6. The van der Waals surface area contributed by atoms with E-state index in [2.05, 4.69) is 0 Å². The highest BCUT2D eigenvalue weighted by Crippen LogP contribution is 2.40. The molecule has 1 amide bonds. The highest BCUT2D eigenvalue weighted by molar-refractivity contribution is 5.96. The Morgan fingerprint density at radius 2 is 1.87 bits per heavy atom. The Bertz CT molecular complexity index is 1020. The van der Waals surface area contributed by atoms with Gasteiger partial charge in [-0.25, -0.2) is 13.6 Å². The van der Waals surface area contributed by atoms with Gasteiger partial charge >= 0.3 is 5.97 Å². The summed E-state index contributed by atoms with van der Waals surface area (Å²) in [6.45, 7) is 5.68. The predicted molar refractivity (Wildman–Crippen MR) is 114 cm³/mol. The van der Waals surface area contributed by atoms with E-state index in [1.165, 1.54) is 17.0 Å². The second-order valence-electron chi connectivity index (χ2n) is 7.64. The number of carbonyl (C=O) groups is 2. The topological polar surface area (TPSA) is 46.6 Å². The van der Waals surface area contributed by atoms with Crippen molar-refractivity contribution in [1.82, 2.24) is 4.90 Å². The van der Waals surface area contributed by atoms with E-state index in [1.807, 2.05) is 38.1 Å². The molecule has 1 aliphatic rings. The quantitative estimate of drug-likeness (QED) is 0.556. The number of esters is 1. The van der Waals surface area contributed by atoms with Crippen molar-refractivity contribution in [2.45, 2.75) is 52.5 Å². The van der Waals surface area contributed by atoms with Crippen molar-refractivity contribution in [3.05, 3.63) is 82.1 Å². The van der Waals surface area contributed by atoms with Crippen LogP contribution in [0, 0.1) is 18.6 Å². The minimum Gasteiger partial charge on any atom is -0.463 e. The summed E-state index contributed by atoms with van der Waals surface area (Å²) in [5.41, 5.74) is 2.88. The highest BCUT2D eigenvalue weighted by Gasteiger charge is 2.38. The van der Waals surface area contributed by atoms with Gasteiger partial charge in [-0.3, -0.25) is 4.79 Å². The molecule has 1 unspecified atom stereocenters. The molecule has 0 aliphatic carbocycles. The zero-order chi connectivity index (χ0) is 22.5. The van der Waals surface area contributed by atoms with Crippen LogP contribution in [0.5, 0.6) is 0 Å². The lowest BCUT2D eigenvalue weighted by atomic mass is 9.80. The van der Waals surface area contributed by atoms with Gasteiger partial charge in [0.25, 0.3) is 0 Å². The lowest BCUT2D eigenvalue weighted by Crippen LogP contribution is -2.39. The van der Waals surface area contributed by atoms with Crippen molar-refractivity contribution in [3.63, 3.8) is 0 Å². The average molecular weight is 427 g/mol. The molecule has 6 heteroatoms. The van der Waals surface area contributed by atoms with E-state index in [1.54, 1.807) is 6.92 Å². The molecular formula is C25H27F2NO3. The van der Waals surface area contributed by atoms with Gasteiger partial charge in [-0.05, 0) is 37.5 Å². The second-order valence-corrected chi connectivity index (χ2v) is 7.64. The fraction of sp³-hybridized carbons (Fsp3) is 0.360. The molecule has 3 rings (SSSR count). The molecule has 2 aromatic rings. The number of aryl methyl sites for hydroxylation is 1. The Labute approximate surface area is 181 Å². The van der Waals surface area contributed by atoms with E-state index < -0.39 is 23.5 Å². The standard InChI is InChI=1S/C25H27F2NO3/c1-4-9-21-23(25(30)31-5-2)19(18-12-7-6-10-16(18)3)14-22(29)28(21)15-17-11-8-13-20(26)24(17)27/h6-8,10-13,19H,4-5,9,14-15H2,1-3H3. The number of rotatable bonds is 7. The van der Waals surface area contributed by atoms with Gasteiger partial charge in [0.15, 0.2) is 11.6 Å². The first-order chi connectivity index (χ1) is 14.9. The van der Waals surface area contributed by atoms with Gasteiger partial charge in [0.2, 0.25) is 5.91 Å². The van der Waals surface area contributed by atoms with E-state index in [0.717, 1.165) is 17.2 Å².